The maximum Gasteiger partial charge on any atom is 0.128 e. The van der Waals surface area contributed by atoms with E-state index in [0.717, 1.165) is 11.3 Å². The lowest BCUT2D eigenvalue weighted by Crippen LogP contribution is -2.13. The minimum Gasteiger partial charge on any atom is -0.493 e. The number of hydrogen-bond donors (Lipinski definition) is 1. The Morgan fingerprint density at radius 3 is 3.36 bits per heavy atom. The van der Waals surface area contributed by atoms with Crippen molar-refractivity contribution in [2.24, 2.45) is 0 Å². The molecule has 1 aromatic heterocycles. The molecule has 1 aliphatic rings. The van der Waals surface area contributed by atoms with Crippen molar-refractivity contribution in [3.05, 3.63) is 24.0 Å². The molecule has 3 nitrogen and oxygen atoms in total. The molecule has 0 fully saturated rings. The monoisotopic (exact) mass is 151 g/mol. The van der Waals surface area contributed by atoms with Gasteiger partial charge in [0.15, 0.2) is 0 Å². The largest absolute Gasteiger partial charge is 0.493 e. The Morgan fingerprint density at radius 1 is 1.64 bits per heavy atom. The second-order valence-corrected chi connectivity index (χ2v) is 2.57. The molecular formula is C8H9NO2. The van der Waals surface area contributed by atoms with Crippen LogP contribution in [-0.2, 0) is 0 Å². The van der Waals surface area contributed by atoms with Gasteiger partial charge in [0.25, 0.3) is 0 Å². The first-order valence-corrected chi connectivity index (χ1v) is 3.63. The summed E-state index contributed by atoms with van der Waals surface area (Å²) in [5, 5.41) is 9.44. The van der Waals surface area contributed by atoms with E-state index in [2.05, 4.69) is 4.98 Å². The fourth-order valence-electron chi connectivity index (χ4n) is 1.21. The molecule has 0 aromatic carbocycles. The summed E-state index contributed by atoms with van der Waals surface area (Å²) >= 11 is 0. The van der Waals surface area contributed by atoms with Gasteiger partial charge in [0.1, 0.15) is 5.75 Å². The number of aliphatic hydroxyl groups is 1. The van der Waals surface area contributed by atoms with Crippen molar-refractivity contribution < 1.29 is 9.84 Å². The number of pyridine rings is 1. The molecule has 0 saturated heterocycles. The van der Waals surface area contributed by atoms with Gasteiger partial charge in [-0.2, -0.15) is 0 Å². The number of aliphatic hydroxyl groups excluding tert-OH is 1. The van der Waals surface area contributed by atoms with Crippen LogP contribution in [0.5, 0.6) is 5.75 Å². The Labute approximate surface area is 64.6 Å². The molecule has 58 valence electrons. The highest BCUT2D eigenvalue weighted by Gasteiger charge is 2.18. The van der Waals surface area contributed by atoms with E-state index in [4.69, 9.17) is 4.74 Å². The summed E-state index contributed by atoms with van der Waals surface area (Å²) < 4.78 is 5.29. The molecule has 0 radical (unpaired) electrons. The zero-order valence-electron chi connectivity index (χ0n) is 6.03. The number of fused-ring (bicyclic) bond motifs is 1. The van der Waals surface area contributed by atoms with Gasteiger partial charge in [-0.15, -0.1) is 0 Å². The summed E-state index contributed by atoms with van der Waals surface area (Å²) in [6, 6.07) is 1.78. The van der Waals surface area contributed by atoms with Crippen LogP contribution in [0.25, 0.3) is 0 Å². The molecule has 1 atom stereocenters. The minimum absolute atomic E-state index is 0.396. The number of aromatic nitrogens is 1. The lowest BCUT2D eigenvalue weighted by molar-refractivity contribution is 0.115. The van der Waals surface area contributed by atoms with Crippen molar-refractivity contribution in [3.63, 3.8) is 0 Å². The van der Waals surface area contributed by atoms with Crippen LogP contribution in [0.4, 0.5) is 0 Å². The summed E-state index contributed by atoms with van der Waals surface area (Å²) in [4.78, 5) is 3.91. The predicted molar refractivity (Wildman–Crippen MR) is 39.3 cm³/mol. The van der Waals surface area contributed by atoms with Crippen molar-refractivity contribution in [2.75, 3.05) is 6.61 Å². The van der Waals surface area contributed by atoms with E-state index in [9.17, 15) is 5.11 Å². The molecule has 0 spiro atoms. The van der Waals surface area contributed by atoms with E-state index >= 15 is 0 Å². The first kappa shape index (κ1) is 6.61. The van der Waals surface area contributed by atoms with Gasteiger partial charge in [-0.25, -0.2) is 0 Å². The molecule has 1 N–H and O–H groups in total. The minimum atomic E-state index is -0.396. The van der Waals surface area contributed by atoms with Gasteiger partial charge in [-0.05, 0) is 6.07 Å². The zero-order chi connectivity index (χ0) is 7.68. The van der Waals surface area contributed by atoms with Crippen LogP contribution in [-0.4, -0.2) is 16.7 Å². The van der Waals surface area contributed by atoms with Gasteiger partial charge in [-0.3, -0.25) is 4.98 Å². The predicted octanol–water partition coefficient (Wildman–Crippen LogP) is 0.897. The molecule has 0 aliphatic carbocycles. The molecule has 1 unspecified atom stereocenters. The molecule has 1 aliphatic heterocycles. The normalized spacial score (nSPS) is 22.1. The van der Waals surface area contributed by atoms with E-state index < -0.39 is 6.10 Å². The van der Waals surface area contributed by atoms with Crippen LogP contribution < -0.4 is 4.74 Å². The van der Waals surface area contributed by atoms with Crippen LogP contribution in [0, 0.1) is 0 Å². The average Bonchev–Trinajstić information content (AvgIpc) is 2.06. The van der Waals surface area contributed by atoms with Crippen molar-refractivity contribution in [1.29, 1.82) is 0 Å². The lowest BCUT2D eigenvalue weighted by atomic mass is 10.1. The fraction of sp³-hybridized carbons (Fsp3) is 0.375. The standard InChI is InChI=1S/C8H9NO2/c10-7-2-4-11-8-1-3-9-5-6(7)8/h1,3,5,7,10H,2,4H2. The zero-order valence-corrected chi connectivity index (χ0v) is 6.03. The molecule has 0 amide bonds. The van der Waals surface area contributed by atoms with Gasteiger partial charge < -0.3 is 9.84 Å². The molecule has 0 saturated carbocycles. The highest BCUT2D eigenvalue weighted by atomic mass is 16.5. The fourth-order valence-corrected chi connectivity index (χ4v) is 1.21. The molecule has 3 heteroatoms. The third-order valence-corrected chi connectivity index (χ3v) is 1.82. The van der Waals surface area contributed by atoms with Crippen molar-refractivity contribution in [2.45, 2.75) is 12.5 Å². The maximum atomic E-state index is 9.44. The maximum absolute atomic E-state index is 9.44. The average molecular weight is 151 g/mol. The van der Waals surface area contributed by atoms with Crippen LogP contribution in [0.2, 0.25) is 0 Å². The summed E-state index contributed by atoms with van der Waals surface area (Å²) in [6.07, 6.45) is 3.58. The molecule has 11 heavy (non-hydrogen) atoms. The van der Waals surface area contributed by atoms with Crippen LogP contribution >= 0.6 is 0 Å². The van der Waals surface area contributed by atoms with E-state index in [0.29, 0.717) is 13.0 Å². The number of nitrogens with zero attached hydrogens (tertiary/aromatic N) is 1. The summed E-state index contributed by atoms with van der Waals surface area (Å²) in [6.45, 7) is 0.595. The molecular weight excluding hydrogens is 142 g/mol. The Hall–Kier alpha value is -1.09. The number of rotatable bonds is 0. The SMILES string of the molecule is OC1CCOc2ccncc21. The van der Waals surface area contributed by atoms with Gasteiger partial charge in [0, 0.05) is 24.4 Å². The van der Waals surface area contributed by atoms with Gasteiger partial charge in [0.05, 0.1) is 12.7 Å². The highest BCUT2D eigenvalue weighted by molar-refractivity contribution is 5.33. The second kappa shape index (κ2) is 2.51. The highest BCUT2D eigenvalue weighted by Crippen LogP contribution is 2.30. The van der Waals surface area contributed by atoms with Gasteiger partial charge >= 0.3 is 0 Å². The quantitative estimate of drug-likeness (QED) is 0.599. The molecule has 2 rings (SSSR count). The Bertz CT molecular complexity index is 262. The summed E-state index contributed by atoms with van der Waals surface area (Å²) in [5.74, 6) is 0.763. The molecule has 1 aromatic rings. The van der Waals surface area contributed by atoms with Crippen molar-refractivity contribution in [3.8, 4) is 5.75 Å². The number of ether oxygens (including phenoxy) is 1. The van der Waals surface area contributed by atoms with Crippen molar-refractivity contribution >= 4 is 0 Å². The summed E-state index contributed by atoms with van der Waals surface area (Å²) in [5.41, 5.74) is 0.804. The van der Waals surface area contributed by atoms with Crippen LogP contribution in [0.15, 0.2) is 18.5 Å². The van der Waals surface area contributed by atoms with Gasteiger partial charge in [-0.1, -0.05) is 0 Å². The van der Waals surface area contributed by atoms with E-state index in [1.807, 2.05) is 0 Å². The Morgan fingerprint density at radius 2 is 2.55 bits per heavy atom. The molecule has 2 heterocycles. The first-order valence-electron chi connectivity index (χ1n) is 3.63. The number of hydrogen-bond acceptors (Lipinski definition) is 3. The Kier molecular flexibility index (Phi) is 1.51. The van der Waals surface area contributed by atoms with E-state index in [-0.39, 0.29) is 0 Å². The van der Waals surface area contributed by atoms with Crippen LogP contribution in [0.3, 0.4) is 0 Å². The third-order valence-electron chi connectivity index (χ3n) is 1.82. The smallest absolute Gasteiger partial charge is 0.128 e. The van der Waals surface area contributed by atoms with E-state index in [1.54, 1.807) is 18.5 Å². The first-order chi connectivity index (χ1) is 5.38. The Balaban J connectivity index is 2.44. The lowest BCUT2D eigenvalue weighted by Gasteiger charge is -2.20. The second-order valence-electron chi connectivity index (χ2n) is 2.57. The van der Waals surface area contributed by atoms with Gasteiger partial charge in [0.2, 0.25) is 0 Å². The third kappa shape index (κ3) is 1.07. The topological polar surface area (TPSA) is 42.4 Å². The summed E-state index contributed by atoms with van der Waals surface area (Å²) in [7, 11) is 0. The molecule has 0 bridgehead atoms. The van der Waals surface area contributed by atoms with Crippen LogP contribution in [0.1, 0.15) is 18.1 Å². The van der Waals surface area contributed by atoms with E-state index in [1.165, 1.54) is 0 Å². The van der Waals surface area contributed by atoms with Crippen molar-refractivity contribution in [1.82, 2.24) is 4.98 Å².